The van der Waals surface area contributed by atoms with Crippen molar-refractivity contribution in [3.05, 3.63) is 217 Å². The van der Waals surface area contributed by atoms with Gasteiger partial charge in [0.1, 0.15) is 22.3 Å². The molecule has 0 fully saturated rings. The molecule has 0 aliphatic carbocycles. The second kappa shape index (κ2) is 14.4. The van der Waals surface area contributed by atoms with Gasteiger partial charge in [-0.2, -0.15) is 0 Å². The predicted octanol–water partition coefficient (Wildman–Crippen LogP) is 16.4. The third-order valence-corrected chi connectivity index (χ3v) is 11.3. The quantitative estimate of drug-likeness (QED) is 0.154. The van der Waals surface area contributed by atoms with Crippen LogP contribution in [0, 0.1) is 0 Å². The molecular weight excluding hydrogens is 744 g/mol. The van der Waals surface area contributed by atoms with E-state index in [4.69, 9.17) is 20.4 Å². The fourth-order valence-electron chi connectivity index (χ4n) is 8.29. The number of anilines is 6. The van der Waals surface area contributed by atoms with Gasteiger partial charge in [0.05, 0.1) is 0 Å². The van der Waals surface area contributed by atoms with E-state index in [1.165, 1.54) is 11.1 Å². The largest absolute Gasteiger partial charge is 0.456 e. The van der Waals surface area contributed by atoms with Crippen LogP contribution in [0.15, 0.2) is 221 Å². The van der Waals surface area contributed by atoms with Gasteiger partial charge in [-0.25, -0.2) is 0 Å². The van der Waals surface area contributed by atoms with Gasteiger partial charge in [-0.1, -0.05) is 133 Å². The lowest BCUT2D eigenvalue weighted by atomic mass is 10.0. The van der Waals surface area contributed by atoms with Crippen molar-refractivity contribution < 1.29 is 8.83 Å². The fourth-order valence-corrected chi connectivity index (χ4v) is 8.51. The molecule has 11 aromatic rings. The van der Waals surface area contributed by atoms with Crippen LogP contribution in [0.25, 0.3) is 66.1 Å². The van der Waals surface area contributed by atoms with E-state index in [0.29, 0.717) is 5.02 Å². The highest BCUT2D eigenvalue weighted by molar-refractivity contribution is 6.31. The molecular formula is C54H35ClN2O2. The van der Waals surface area contributed by atoms with Crippen LogP contribution in [-0.4, -0.2) is 0 Å². The second-order valence-electron chi connectivity index (χ2n) is 14.7. The van der Waals surface area contributed by atoms with Gasteiger partial charge in [0.2, 0.25) is 0 Å². The Bertz CT molecular complexity index is 3060. The fraction of sp³-hybridized carbons (Fsp3) is 0. The minimum atomic E-state index is 0.610. The zero-order valence-corrected chi connectivity index (χ0v) is 32.6. The summed E-state index contributed by atoms with van der Waals surface area (Å²) in [4.78, 5) is 4.55. The van der Waals surface area contributed by atoms with Crippen molar-refractivity contribution in [3.63, 3.8) is 0 Å². The lowest BCUT2D eigenvalue weighted by Gasteiger charge is -2.30. The van der Waals surface area contributed by atoms with Crippen molar-refractivity contribution in [2.75, 3.05) is 9.80 Å². The number of halogens is 1. The maximum absolute atomic E-state index is 7.23. The first-order valence-corrected chi connectivity index (χ1v) is 20.1. The highest BCUT2D eigenvalue weighted by Gasteiger charge is 2.21. The Morgan fingerprint density at radius 3 is 1.07 bits per heavy atom. The van der Waals surface area contributed by atoms with Crippen LogP contribution < -0.4 is 9.80 Å². The molecule has 0 bridgehead atoms. The summed E-state index contributed by atoms with van der Waals surface area (Å²) >= 11 is 7.23. The van der Waals surface area contributed by atoms with Crippen LogP contribution in [0.4, 0.5) is 34.1 Å². The number of furan rings is 2. The molecule has 9 aromatic carbocycles. The molecule has 0 amide bonds. The van der Waals surface area contributed by atoms with E-state index in [1.807, 2.05) is 48.5 Å². The number of rotatable bonds is 8. The summed E-state index contributed by atoms with van der Waals surface area (Å²) in [7, 11) is 0. The molecule has 59 heavy (non-hydrogen) atoms. The highest BCUT2D eigenvalue weighted by atomic mass is 35.5. The number of hydrogen-bond donors (Lipinski definition) is 0. The number of hydrogen-bond acceptors (Lipinski definition) is 4. The van der Waals surface area contributed by atoms with Gasteiger partial charge in [-0.3, -0.25) is 0 Å². The number of para-hydroxylation sites is 2. The summed E-state index contributed by atoms with van der Waals surface area (Å²) in [5.41, 5.74) is 13.8. The van der Waals surface area contributed by atoms with Gasteiger partial charge in [-0.05, 0) is 113 Å². The molecule has 0 aliphatic rings. The average Bonchev–Trinajstić information content (AvgIpc) is 3.85. The third kappa shape index (κ3) is 6.37. The number of benzene rings is 9. The first kappa shape index (κ1) is 34.7. The normalized spacial score (nSPS) is 11.5. The van der Waals surface area contributed by atoms with Gasteiger partial charge in [-0.15, -0.1) is 0 Å². The molecule has 4 nitrogen and oxygen atoms in total. The van der Waals surface area contributed by atoms with Gasteiger partial charge in [0.25, 0.3) is 0 Å². The monoisotopic (exact) mass is 778 g/mol. The van der Waals surface area contributed by atoms with Gasteiger partial charge < -0.3 is 18.6 Å². The van der Waals surface area contributed by atoms with Crippen LogP contribution in [-0.2, 0) is 0 Å². The van der Waals surface area contributed by atoms with Crippen LogP contribution in [0.1, 0.15) is 0 Å². The van der Waals surface area contributed by atoms with E-state index in [2.05, 4.69) is 174 Å². The Kier molecular flexibility index (Phi) is 8.49. The Hall–Kier alpha value is -7.53. The lowest BCUT2D eigenvalue weighted by Crippen LogP contribution is -2.13. The van der Waals surface area contributed by atoms with Crippen molar-refractivity contribution in [2.45, 2.75) is 0 Å². The van der Waals surface area contributed by atoms with Crippen LogP contribution in [0.2, 0.25) is 5.02 Å². The summed E-state index contributed by atoms with van der Waals surface area (Å²) < 4.78 is 12.5. The summed E-state index contributed by atoms with van der Waals surface area (Å²) in [5, 5.41) is 4.85. The first-order chi connectivity index (χ1) is 29.1. The summed E-state index contributed by atoms with van der Waals surface area (Å²) in [5.74, 6) is 0. The average molecular weight is 779 g/mol. The Balaban J connectivity index is 1.10. The van der Waals surface area contributed by atoms with E-state index in [1.54, 1.807) is 0 Å². The molecule has 0 saturated carbocycles. The number of nitrogens with zero attached hydrogens (tertiary/aromatic N) is 2. The summed E-state index contributed by atoms with van der Waals surface area (Å²) in [6, 6.07) is 73.8. The van der Waals surface area contributed by atoms with E-state index in [9.17, 15) is 0 Å². The smallest absolute Gasteiger partial charge is 0.135 e. The first-order valence-electron chi connectivity index (χ1n) is 19.7. The Morgan fingerprint density at radius 1 is 0.271 bits per heavy atom. The molecule has 11 rings (SSSR count). The molecule has 0 spiro atoms. The standard InChI is InChI=1S/C54H35ClN2O2/c55-40-31-45(56(41-23-19-38(20-24-41)36-11-3-1-4-12-36)43-27-29-53-49(34-43)47-15-7-9-17-51(47)58-53)33-46(32-40)57(42-25-21-39(22-26-42)37-13-5-2-6-14-37)44-28-30-54-50(35-44)48-16-8-10-18-52(48)59-54/h1-35H. The van der Waals surface area contributed by atoms with Crippen LogP contribution in [0.5, 0.6) is 0 Å². The molecule has 0 unspecified atom stereocenters. The van der Waals surface area contributed by atoms with Crippen molar-refractivity contribution >= 4 is 89.6 Å². The highest BCUT2D eigenvalue weighted by Crippen LogP contribution is 2.45. The molecule has 0 saturated heterocycles. The van der Waals surface area contributed by atoms with E-state index in [0.717, 1.165) is 89.1 Å². The summed E-state index contributed by atoms with van der Waals surface area (Å²) in [6.07, 6.45) is 0. The molecule has 280 valence electrons. The summed E-state index contributed by atoms with van der Waals surface area (Å²) in [6.45, 7) is 0. The predicted molar refractivity (Wildman–Crippen MR) is 246 cm³/mol. The molecule has 2 aromatic heterocycles. The lowest BCUT2D eigenvalue weighted by molar-refractivity contribution is 0.668. The molecule has 0 aliphatic heterocycles. The molecule has 0 atom stereocenters. The third-order valence-electron chi connectivity index (χ3n) is 11.1. The Labute approximate surface area is 346 Å². The van der Waals surface area contributed by atoms with Gasteiger partial charge >= 0.3 is 0 Å². The topological polar surface area (TPSA) is 32.8 Å². The van der Waals surface area contributed by atoms with Crippen molar-refractivity contribution in [3.8, 4) is 22.3 Å². The van der Waals surface area contributed by atoms with Crippen molar-refractivity contribution in [1.29, 1.82) is 0 Å². The van der Waals surface area contributed by atoms with Crippen molar-refractivity contribution in [1.82, 2.24) is 0 Å². The second-order valence-corrected chi connectivity index (χ2v) is 15.2. The van der Waals surface area contributed by atoms with Crippen LogP contribution in [0.3, 0.4) is 0 Å². The maximum Gasteiger partial charge on any atom is 0.135 e. The van der Waals surface area contributed by atoms with Crippen LogP contribution >= 0.6 is 11.6 Å². The maximum atomic E-state index is 7.23. The van der Waals surface area contributed by atoms with E-state index >= 15 is 0 Å². The molecule has 0 N–H and O–H groups in total. The van der Waals surface area contributed by atoms with Gasteiger partial charge in [0.15, 0.2) is 0 Å². The Morgan fingerprint density at radius 2 is 0.627 bits per heavy atom. The van der Waals surface area contributed by atoms with Gasteiger partial charge in [0, 0.05) is 60.7 Å². The molecule has 0 radical (unpaired) electrons. The molecule has 2 heterocycles. The van der Waals surface area contributed by atoms with E-state index < -0.39 is 0 Å². The zero-order valence-electron chi connectivity index (χ0n) is 31.8. The minimum Gasteiger partial charge on any atom is -0.456 e. The minimum absolute atomic E-state index is 0.610. The van der Waals surface area contributed by atoms with Crippen molar-refractivity contribution in [2.24, 2.45) is 0 Å². The zero-order chi connectivity index (χ0) is 39.3. The SMILES string of the molecule is Clc1cc(N(c2ccc(-c3ccccc3)cc2)c2ccc3oc4ccccc4c3c2)cc(N(c2ccc(-c3ccccc3)cc2)c2ccc3oc4ccccc4c3c2)c1. The molecule has 5 heteroatoms. The number of fused-ring (bicyclic) bond motifs is 6. The van der Waals surface area contributed by atoms with E-state index in [-0.39, 0.29) is 0 Å².